The number of likely N-dealkylation sites (N-methyl/N-ethyl adjacent to an activating group) is 1. The first-order chi connectivity index (χ1) is 9.74. The minimum absolute atomic E-state index is 0.0805. The number of benzene rings is 1. The molecule has 0 aromatic heterocycles. The fourth-order valence-corrected chi connectivity index (χ4v) is 2.33. The molecule has 1 amide bonds. The van der Waals surface area contributed by atoms with Gasteiger partial charge in [-0.2, -0.15) is 0 Å². The summed E-state index contributed by atoms with van der Waals surface area (Å²) < 4.78 is 0. The molecule has 4 nitrogen and oxygen atoms in total. The molecule has 0 spiro atoms. The quantitative estimate of drug-likeness (QED) is 0.678. The van der Waals surface area contributed by atoms with E-state index in [9.17, 15) is 4.79 Å². The molecule has 3 N–H and O–H groups in total. The maximum atomic E-state index is 12.5. The minimum Gasteiger partial charge on any atom is -0.354 e. The van der Waals surface area contributed by atoms with Gasteiger partial charge in [0.15, 0.2) is 0 Å². The Labute approximate surface area is 122 Å². The molecule has 0 saturated heterocycles. The van der Waals surface area contributed by atoms with Crippen LogP contribution in [0.4, 0.5) is 0 Å². The molecule has 1 aromatic rings. The lowest BCUT2D eigenvalue weighted by atomic mass is 10.0. The number of rotatable bonds is 9. The molecule has 20 heavy (non-hydrogen) atoms. The van der Waals surface area contributed by atoms with E-state index in [4.69, 9.17) is 5.73 Å². The first-order valence-corrected chi connectivity index (χ1v) is 7.51. The second-order valence-electron chi connectivity index (χ2n) is 4.82. The predicted molar refractivity (Wildman–Crippen MR) is 83.4 cm³/mol. The van der Waals surface area contributed by atoms with Gasteiger partial charge in [0.05, 0.1) is 0 Å². The highest BCUT2D eigenvalue weighted by Crippen LogP contribution is 2.20. The van der Waals surface area contributed by atoms with Gasteiger partial charge in [0.25, 0.3) is 0 Å². The molecule has 0 aliphatic carbocycles. The fourth-order valence-electron chi connectivity index (χ4n) is 2.33. The number of nitrogens with zero attached hydrogens (tertiary/aromatic N) is 1. The standard InChI is InChI=1S/C16H27N3O/c1-3-19(4-2)15(14-10-6-5-7-11-14)16(20)18-13-9-8-12-17/h5-7,10-11,15H,3-4,8-9,12-13,17H2,1-2H3,(H,18,20). The number of amides is 1. The van der Waals surface area contributed by atoms with Crippen molar-refractivity contribution in [3.05, 3.63) is 35.9 Å². The Kier molecular flexibility index (Phi) is 7.92. The number of nitrogens with one attached hydrogen (secondary N) is 1. The molecule has 0 bridgehead atoms. The second-order valence-corrected chi connectivity index (χ2v) is 4.82. The Morgan fingerprint density at radius 2 is 1.85 bits per heavy atom. The SMILES string of the molecule is CCN(CC)C(C(=O)NCCCCN)c1ccccc1. The smallest absolute Gasteiger partial charge is 0.241 e. The maximum absolute atomic E-state index is 12.5. The lowest BCUT2D eigenvalue weighted by molar-refractivity contribution is -0.126. The van der Waals surface area contributed by atoms with Crippen LogP contribution in [-0.4, -0.2) is 37.0 Å². The van der Waals surface area contributed by atoms with Crippen molar-refractivity contribution in [2.24, 2.45) is 5.73 Å². The molecule has 1 rings (SSSR count). The second kappa shape index (κ2) is 9.50. The third-order valence-electron chi connectivity index (χ3n) is 3.47. The summed E-state index contributed by atoms with van der Waals surface area (Å²) in [6.07, 6.45) is 1.88. The molecule has 0 saturated carbocycles. The van der Waals surface area contributed by atoms with Crippen molar-refractivity contribution >= 4 is 5.91 Å². The van der Waals surface area contributed by atoms with E-state index < -0.39 is 0 Å². The molecule has 0 fully saturated rings. The summed E-state index contributed by atoms with van der Waals surface area (Å²) in [7, 11) is 0. The van der Waals surface area contributed by atoms with Crippen LogP contribution in [0.2, 0.25) is 0 Å². The maximum Gasteiger partial charge on any atom is 0.241 e. The molecule has 112 valence electrons. The zero-order chi connectivity index (χ0) is 14.8. The summed E-state index contributed by atoms with van der Waals surface area (Å²) in [5.41, 5.74) is 6.52. The molecular formula is C16H27N3O. The lowest BCUT2D eigenvalue weighted by Gasteiger charge is -2.29. The van der Waals surface area contributed by atoms with E-state index in [1.54, 1.807) is 0 Å². The van der Waals surface area contributed by atoms with E-state index in [0.29, 0.717) is 13.1 Å². The van der Waals surface area contributed by atoms with Gasteiger partial charge in [-0.25, -0.2) is 0 Å². The van der Waals surface area contributed by atoms with Gasteiger partial charge in [-0.15, -0.1) is 0 Å². The van der Waals surface area contributed by atoms with Crippen molar-refractivity contribution in [3.63, 3.8) is 0 Å². The largest absolute Gasteiger partial charge is 0.354 e. The number of carbonyl (C=O) groups excluding carboxylic acids is 1. The lowest BCUT2D eigenvalue weighted by Crippen LogP contribution is -2.40. The molecule has 1 aromatic carbocycles. The van der Waals surface area contributed by atoms with E-state index >= 15 is 0 Å². The van der Waals surface area contributed by atoms with Crippen LogP contribution in [0.15, 0.2) is 30.3 Å². The molecule has 0 radical (unpaired) electrons. The van der Waals surface area contributed by atoms with E-state index in [-0.39, 0.29) is 11.9 Å². The van der Waals surface area contributed by atoms with Crippen molar-refractivity contribution in [2.45, 2.75) is 32.7 Å². The molecule has 4 heteroatoms. The first kappa shape index (κ1) is 16.7. The molecule has 0 aliphatic rings. The van der Waals surface area contributed by atoms with Gasteiger partial charge in [0.2, 0.25) is 5.91 Å². The van der Waals surface area contributed by atoms with Crippen LogP contribution in [0.25, 0.3) is 0 Å². The zero-order valence-corrected chi connectivity index (χ0v) is 12.6. The third kappa shape index (κ3) is 4.94. The Bertz CT molecular complexity index is 377. The molecule has 1 unspecified atom stereocenters. The predicted octanol–water partition coefficient (Wildman–Crippen LogP) is 1.92. The summed E-state index contributed by atoms with van der Waals surface area (Å²) in [6, 6.07) is 9.76. The van der Waals surface area contributed by atoms with Crippen LogP contribution in [0, 0.1) is 0 Å². The molecular weight excluding hydrogens is 250 g/mol. The number of hydrogen-bond acceptors (Lipinski definition) is 3. The van der Waals surface area contributed by atoms with E-state index in [2.05, 4.69) is 24.1 Å². The van der Waals surface area contributed by atoms with Gasteiger partial charge >= 0.3 is 0 Å². The highest BCUT2D eigenvalue weighted by molar-refractivity contribution is 5.83. The van der Waals surface area contributed by atoms with Gasteiger partial charge < -0.3 is 11.1 Å². The summed E-state index contributed by atoms with van der Waals surface area (Å²) in [5.74, 6) is 0.0805. The van der Waals surface area contributed by atoms with Crippen LogP contribution in [0.1, 0.15) is 38.3 Å². The number of hydrogen-bond donors (Lipinski definition) is 2. The fraction of sp³-hybridized carbons (Fsp3) is 0.562. The van der Waals surface area contributed by atoms with Gasteiger partial charge in [-0.1, -0.05) is 44.2 Å². The van der Waals surface area contributed by atoms with Crippen molar-refractivity contribution in [1.29, 1.82) is 0 Å². The van der Waals surface area contributed by atoms with E-state index in [0.717, 1.165) is 31.5 Å². The average Bonchev–Trinajstić information content (AvgIpc) is 2.49. The van der Waals surface area contributed by atoms with Crippen molar-refractivity contribution < 1.29 is 4.79 Å². The van der Waals surface area contributed by atoms with Crippen LogP contribution >= 0.6 is 0 Å². The average molecular weight is 277 g/mol. The highest BCUT2D eigenvalue weighted by Gasteiger charge is 2.25. The summed E-state index contributed by atoms with van der Waals surface area (Å²) in [4.78, 5) is 14.7. The van der Waals surface area contributed by atoms with Gasteiger partial charge in [0, 0.05) is 6.54 Å². The number of unbranched alkanes of at least 4 members (excludes halogenated alkanes) is 1. The Morgan fingerprint density at radius 1 is 1.20 bits per heavy atom. The third-order valence-corrected chi connectivity index (χ3v) is 3.47. The van der Waals surface area contributed by atoms with E-state index in [1.165, 1.54) is 0 Å². The summed E-state index contributed by atoms with van der Waals surface area (Å²) >= 11 is 0. The zero-order valence-electron chi connectivity index (χ0n) is 12.6. The molecule has 0 heterocycles. The van der Waals surface area contributed by atoms with Gasteiger partial charge in [-0.05, 0) is 38.0 Å². The van der Waals surface area contributed by atoms with E-state index in [1.807, 2.05) is 30.3 Å². The normalized spacial score (nSPS) is 12.4. The Hall–Kier alpha value is -1.39. The summed E-state index contributed by atoms with van der Waals surface area (Å²) in [5, 5.41) is 3.03. The van der Waals surface area contributed by atoms with Crippen LogP contribution in [0.5, 0.6) is 0 Å². The molecule has 0 aliphatic heterocycles. The minimum atomic E-state index is -0.205. The monoisotopic (exact) mass is 277 g/mol. The van der Waals surface area contributed by atoms with Crippen LogP contribution in [0.3, 0.4) is 0 Å². The van der Waals surface area contributed by atoms with Crippen molar-refractivity contribution in [2.75, 3.05) is 26.2 Å². The van der Waals surface area contributed by atoms with Crippen LogP contribution < -0.4 is 11.1 Å². The summed E-state index contributed by atoms with van der Waals surface area (Å²) in [6.45, 7) is 7.25. The highest BCUT2D eigenvalue weighted by atomic mass is 16.2. The Balaban J connectivity index is 2.74. The van der Waals surface area contributed by atoms with Gasteiger partial charge in [0.1, 0.15) is 6.04 Å². The van der Waals surface area contributed by atoms with Crippen molar-refractivity contribution in [1.82, 2.24) is 10.2 Å². The number of nitrogens with two attached hydrogens (primary N) is 1. The van der Waals surface area contributed by atoms with Crippen LogP contribution in [-0.2, 0) is 4.79 Å². The number of carbonyl (C=O) groups is 1. The molecule has 1 atom stereocenters. The Morgan fingerprint density at radius 3 is 2.40 bits per heavy atom. The van der Waals surface area contributed by atoms with Gasteiger partial charge in [-0.3, -0.25) is 9.69 Å². The first-order valence-electron chi connectivity index (χ1n) is 7.51. The van der Waals surface area contributed by atoms with Crippen molar-refractivity contribution in [3.8, 4) is 0 Å². The topological polar surface area (TPSA) is 58.4 Å².